The number of hydrogen-bond donors (Lipinski definition) is 2. The topological polar surface area (TPSA) is 66.8 Å². The summed E-state index contributed by atoms with van der Waals surface area (Å²) in [6, 6.07) is 0. The van der Waals surface area contributed by atoms with Gasteiger partial charge >= 0.3 is 16.4 Å². The quantitative estimate of drug-likeness (QED) is 0.265. The molecule has 0 spiro atoms. The Morgan fingerprint density at radius 3 is 1.80 bits per heavy atom. The van der Waals surface area contributed by atoms with E-state index >= 15 is 0 Å². The summed E-state index contributed by atoms with van der Waals surface area (Å²) in [5.41, 5.74) is 0. The van der Waals surface area contributed by atoms with Crippen molar-refractivity contribution in [1.82, 2.24) is 0 Å². The third-order valence-corrected chi connectivity index (χ3v) is 2.33. The van der Waals surface area contributed by atoms with Crippen LogP contribution in [0.2, 0.25) is 0 Å². The first-order chi connectivity index (χ1) is 6.50. The molecule has 0 amide bonds. The fourth-order valence-electron chi connectivity index (χ4n) is 0.378. The molecule has 2 N–H and O–H groups in total. The fraction of sp³-hybridized carbons (Fsp3) is 1.00. The largest absolute Gasteiger partial charge is 0.414 e. The highest BCUT2D eigenvalue weighted by Crippen LogP contribution is 2.52. The summed E-state index contributed by atoms with van der Waals surface area (Å²) in [6.45, 7) is 0. The van der Waals surface area contributed by atoms with Crippen LogP contribution >= 0.6 is 12.0 Å². The summed E-state index contributed by atoms with van der Waals surface area (Å²) in [5, 5.41) is -4.03. The van der Waals surface area contributed by atoms with E-state index < -0.39 is 39.6 Å². The van der Waals surface area contributed by atoms with E-state index in [0.717, 1.165) is 0 Å². The van der Waals surface area contributed by atoms with Gasteiger partial charge in [0.2, 0.25) is 11.1 Å². The van der Waals surface area contributed by atoms with E-state index in [0.29, 0.717) is 0 Å². The maximum absolute atomic E-state index is 12.4. The van der Waals surface area contributed by atoms with Gasteiger partial charge in [-0.3, -0.25) is 0 Å². The van der Waals surface area contributed by atoms with Gasteiger partial charge in [0.1, 0.15) is 12.0 Å². The molecule has 0 aliphatic rings. The zero-order valence-electron chi connectivity index (χ0n) is 6.30. The minimum atomic E-state index is -6.17. The molecule has 0 bridgehead atoms. The summed E-state index contributed by atoms with van der Waals surface area (Å²) in [7, 11) is 0. The molecule has 1 unspecified atom stereocenters. The van der Waals surface area contributed by atoms with Crippen LogP contribution in [0.25, 0.3) is 0 Å². The Morgan fingerprint density at radius 1 is 1.13 bits per heavy atom. The van der Waals surface area contributed by atoms with Gasteiger partial charge in [0.05, 0.1) is 0 Å². The molecule has 1 atom stereocenters. The minimum Gasteiger partial charge on any atom is -0.301 e. The molecule has 0 heterocycles. The number of alkyl halides is 6. The molecule has 0 rings (SSSR count). The van der Waals surface area contributed by atoms with E-state index in [4.69, 9.17) is 9.81 Å². The molecule has 0 aromatic heterocycles. The second-order valence-corrected chi connectivity index (χ2v) is 3.85. The second kappa shape index (κ2) is 4.45. The Labute approximate surface area is 85.0 Å². The Morgan fingerprint density at radius 2 is 1.53 bits per heavy atom. The molecule has 4 nitrogen and oxygen atoms in total. The molecule has 0 saturated heterocycles. The Balaban J connectivity index is 5.20. The van der Waals surface area contributed by atoms with Crippen LogP contribution in [0.1, 0.15) is 0 Å². The summed E-state index contributed by atoms with van der Waals surface area (Å²) in [5.74, 6) is -6.17. The van der Waals surface area contributed by atoms with Gasteiger partial charge in [0, 0.05) is 0 Å². The van der Waals surface area contributed by atoms with Crippen LogP contribution in [0.3, 0.4) is 0 Å². The molecule has 0 fully saturated rings. The summed E-state index contributed by atoms with van der Waals surface area (Å²) >= 11 is -6.18. The van der Waals surface area contributed by atoms with Crippen molar-refractivity contribution in [3.05, 3.63) is 0 Å². The number of hydrogen-bond acceptors (Lipinski definition) is 4. The van der Waals surface area contributed by atoms with Crippen LogP contribution < -0.4 is 0 Å². The van der Waals surface area contributed by atoms with Crippen molar-refractivity contribution in [3.8, 4) is 0 Å². The van der Waals surface area contributed by atoms with Crippen LogP contribution in [0.4, 0.5) is 26.3 Å². The summed E-state index contributed by atoms with van der Waals surface area (Å²) < 4.78 is 93.7. The highest BCUT2D eigenvalue weighted by atomic mass is 32.2. The van der Waals surface area contributed by atoms with E-state index in [1.165, 1.54) is 0 Å². The van der Waals surface area contributed by atoms with E-state index in [1.807, 2.05) is 0 Å². The van der Waals surface area contributed by atoms with Crippen LogP contribution in [0.5, 0.6) is 0 Å². The Kier molecular flexibility index (Phi) is 4.44. The molecule has 0 saturated carbocycles. The van der Waals surface area contributed by atoms with Crippen molar-refractivity contribution in [2.24, 2.45) is 0 Å². The normalized spacial score (nSPS) is 16.5. The minimum absolute atomic E-state index is 1.67. The van der Waals surface area contributed by atoms with Gasteiger partial charge in [-0.25, -0.2) is 9.47 Å². The lowest BCUT2D eigenvalue weighted by atomic mass is 10.3. The standard InChI is InChI=1S/C3H2F6O4S2/c4-1(5,2(6,7)14-13-10)3(8,9)15(11)12/h10H,(H,11,12). The molecule has 92 valence electrons. The molecule has 0 aromatic rings. The third kappa shape index (κ3) is 2.55. The van der Waals surface area contributed by atoms with Crippen molar-refractivity contribution >= 4 is 23.1 Å². The van der Waals surface area contributed by atoms with Crippen LogP contribution in [-0.4, -0.2) is 30.5 Å². The van der Waals surface area contributed by atoms with E-state index in [2.05, 4.69) is 4.33 Å². The first kappa shape index (κ1) is 15.0. The Bertz CT molecular complexity index is 257. The SMILES string of the molecule is O=S(O)C(F)(F)C(F)(F)C(F)(F)SOO. The van der Waals surface area contributed by atoms with E-state index in [1.54, 1.807) is 0 Å². The molecular weight excluding hydrogens is 278 g/mol. The van der Waals surface area contributed by atoms with Gasteiger partial charge in [-0.2, -0.15) is 30.7 Å². The van der Waals surface area contributed by atoms with Gasteiger partial charge in [-0.1, -0.05) is 0 Å². The number of rotatable bonds is 5. The first-order valence-corrected chi connectivity index (χ1v) is 4.59. The molecular formula is C3H2F6O4S2. The van der Waals surface area contributed by atoms with Crippen LogP contribution in [0.15, 0.2) is 0 Å². The lowest BCUT2D eigenvalue weighted by molar-refractivity contribution is -0.247. The van der Waals surface area contributed by atoms with Gasteiger partial charge in [-0.05, 0) is 0 Å². The third-order valence-electron chi connectivity index (χ3n) is 1.09. The fourth-order valence-corrected chi connectivity index (χ4v) is 1.12. The zero-order valence-corrected chi connectivity index (χ0v) is 7.93. The monoisotopic (exact) mass is 280 g/mol. The smallest absolute Gasteiger partial charge is 0.301 e. The average molecular weight is 280 g/mol. The van der Waals surface area contributed by atoms with Crippen molar-refractivity contribution < 1.29 is 44.7 Å². The highest BCUT2D eigenvalue weighted by molar-refractivity contribution is 7.95. The molecule has 12 heteroatoms. The highest BCUT2D eigenvalue weighted by Gasteiger charge is 2.76. The molecule has 0 aliphatic heterocycles. The molecule has 0 aliphatic carbocycles. The van der Waals surface area contributed by atoms with Gasteiger partial charge < -0.3 is 4.55 Å². The zero-order chi connectivity index (χ0) is 12.5. The average Bonchev–Trinajstić information content (AvgIpc) is 2.02. The molecule has 0 radical (unpaired) electrons. The van der Waals surface area contributed by atoms with E-state index in [-0.39, 0.29) is 0 Å². The molecule has 0 aromatic carbocycles. The van der Waals surface area contributed by atoms with Gasteiger partial charge in [0.25, 0.3) is 0 Å². The lowest BCUT2D eigenvalue weighted by Crippen LogP contribution is -2.54. The van der Waals surface area contributed by atoms with Crippen molar-refractivity contribution in [1.29, 1.82) is 0 Å². The first-order valence-electron chi connectivity index (χ1n) is 2.74. The predicted molar refractivity (Wildman–Crippen MR) is 36.9 cm³/mol. The van der Waals surface area contributed by atoms with Crippen molar-refractivity contribution in [3.63, 3.8) is 0 Å². The van der Waals surface area contributed by atoms with Crippen LogP contribution in [-0.2, 0) is 15.4 Å². The molecule has 15 heavy (non-hydrogen) atoms. The number of halogens is 6. The maximum atomic E-state index is 12.4. The van der Waals surface area contributed by atoms with E-state index in [9.17, 15) is 30.6 Å². The lowest BCUT2D eigenvalue weighted by Gasteiger charge is -2.28. The van der Waals surface area contributed by atoms with Crippen LogP contribution in [0, 0.1) is 0 Å². The maximum Gasteiger partial charge on any atom is 0.414 e. The summed E-state index contributed by atoms with van der Waals surface area (Å²) in [6.07, 6.45) is 0. The summed E-state index contributed by atoms with van der Waals surface area (Å²) in [4.78, 5) is 0. The Hall–Kier alpha value is -0.0400. The van der Waals surface area contributed by atoms with Gasteiger partial charge in [-0.15, -0.1) is 0 Å². The van der Waals surface area contributed by atoms with Gasteiger partial charge in [0.15, 0.2) is 0 Å². The predicted octanol–water partition coefficient (Wildman–Crippen LogP) is 2.17. The van der Waals surface area contributed by atoms with Crippen molar-refractivity contribution in [2.45, 2.75) is 16.4 Å². The van der Waals surface area contributed by atoms with Crippen molar-refractivity contribution in [2.75, 3.05) is 0 Å². The second-order valence-electron chi connectivity index (χ2n) is 2.01.